The summed E-state index contributed by atoms with van der Waals surface area (Å²) in [7, 11) is 0. The van der Waals surface area contributed by atoms with E-state index in [1.165, 1.54) is 6.07 Å². The van der Waals surface area contributed by atoms with Gasteiger partial charge in [-0.15, -0.1) is 0 Å². The van der Waals surface area contributed by atoms with Gasteiger partial charge in [-0.25, -0.2) is 4.79 Å². The van der Waals surface area contributed by atoms with Crippen LogP contribution in [0.3, 0.4) is 0 Å². The lowest BCUT2D eigenvalue weighted by Gasteiger charge is -2.10. The molecule has 0 amide bonds. The van der Waals surface area contributed by atoms with E-state index in [0.29, 0.717) is 18.8 Å². The number of hydrogen-bond donors (Lipinski definition) is 2. The zero-order valence-corrected chi connectivity index (χ0v) is 9.43. The fraction of sp³-hybridized carbons (Fsp3) is 0.417. The van der Waals surface area contributed by atoms with Crippen LogP contribution in [0.25, 0.3) is 0 Å². The highest BCUT2D eigenvalue weighted by Crippen LogP contribution is 2.19. The van der Waals surface area contributed by atoms with Crippen LogP contribution in [0.2, 0.25) is 0 Å². The molecule has 0 saturated carbocycles. The molecule has 1 atom stereocenters. The Morgan fingerprint density at radius 2 is 2.19 bits per heavy atom. The first-order chi connectivity index (χ1) is 7.50. The Hall–Kier alpha value is -1.55. The van der Waals surface area contributed by atoms with Crippen LogP contribution in [0, 0.1) is 6.92 Å². The quantitative estimate of drug-likeness (QED) is 0.800. The number of aromatic carboxylic acids is 1. The van der Waals surface area contributed by atoms with Gasteiger partial charge in [-0.2, -0.15) is 0 Å². The van der Waals surface area contributed by atoms with E-state index in [4.69, 9.17) is 14.9 Å². The molecule has 4 nitrogen and oxygen atoms in total. The van der Waals surface area contributed by atoms with Crippen LogP contribution in [0.15, 0.2) is 18.2 Å². The largest absolute Gasteiger partial charge is 0.493 e. The average Bonchev–Trinajstić information content (AvgIpc) is 2.20. The van der Waals surface area contributed by atoms with Crippen molar-refractivity contribution in [3.05, 3.63) is 29.3 Å². The van der Waals surface area contributed by atoms with Gasteiger partial charge in [0, 0.05) is 6.42 Å². The molecule has 1 rings (SSSR count). The second-order valence-corrected chi connectivity index (χ2v) is 3.77. The predicted octanol–water partition coefficient (Wildman–Crippen LogP) is 1.84. The van der Waals surface area contributed by atoms with Crippen molar-refractivity contribution in [1.82, 2.24) is 0 Å². The molecule has 0 aromatic heterocycles. The minimum absolute atomic E-state index is 0.206. The minimum atomic E-state index is -0.972. The average molecular weight is 224 g/mol. The lowest BCUT2D eigenvalue weighted by atomic mass is 10.1. The van der Waals surface area contributed by atoms with E-state index in [9.17, 15) is 4.79 Å². The number of carboxylic acids is 1. The fourth-order valence-corrected chi connectivity index (χ4v) is 1.23. The summed E-state index contributed by atoms with van der Waals surface area (Å²) in [6.07, 6.45) is 0.111. The summed E-state index contributed by atoms with van der Waals surface area (Å²) in [6, 6.07) is 4.75. The standard InChI is InChI=1S/C12H16O4/c1-8-3-4-10(12(14)15)7-11(8)16-6-5-9(2)13/h3-4,7,9,13H,5-6H2,1-2H3,(H,14,15). The van der Waals surface area contributed by atoms with E-state index in [0.717, 1.165) is 5.56 Å². The van der Waals surface area contributed by atoms with E-state index in [1.807, 2.05) is 6.92 Å². The smallest absolute Gasteiger partial charge is 0.335 e. The first-order valence-corrected chi connectivity index (χ1v) is 5.15. The van der Waals surface area contributed by atoms with Gasteiger partial charge in [0.05, 0.1) is 18.3 Å². The van der Waals surface area contributed by atoms with Gasteiger partial charge in [0.1, 0.15) is 5.75 Å². The van der Waals surface area contributed by atoms with Crippen molar-refractivity contribution in [2.45, 2.75) is 26.4 Å². The fourth-order valence-electron chi connectivity index (χ4n) is 1.23. The summed E-state index contributed by atoms with van der Waals surface area (Å²) in [5.74, 6) is -0.416. The Labute approximate surface area is 94.5 Å². The molecule has 0 heterocycles. The summed E-state index contributed by atoms with van der Waals surface area (Å²) < 4.78 is 5.42. The van der Waals surface area contributed by atoms with Gasteiger partial charge in [0.15, 0.2) is 0 Å². The highest BCUT2D eigenvalue weighted by atomic mass is 16.5. The third-order valence-corrected chi connectivity index (χ3v) is 2.23. The summed E-state index contributed by atoms with van der Waals surface area (Å²) in [6.45, 7) is 3.91. The molecule has 0 fully saturated rings. The number of carboxylic acid groups (broad SMARTS) is 1. The van der Waals surface area contributed by atoms with Crippen LogP contribution < -0.4 is 4.74 Å². The maximum atomic E-state index is 10.8. The molecule has 0 radical (unpaired) electrons. The number of benzene rings is 1. The Balaban J connectivity index is 2.70. The molecule has 0 aliphatic carbocycles. The monoisotopic (exact) mass is 224 g/mol. The molecule has 0 aliphatic rings. The highest BCUT2D eigenvalue weighted by molar-refractivity contribution is 5.88. The second kappa shape index (κ2) is 5.51. The Morgan fingerprint density at radius 3 is 2.75 bits per heavy atom. The lowest BCUT2D eigenvalue weighted by molar-refractivity contribution is 0.0696. The Bertz CT molecular complexity index is 371. The predicted molar refractivity (Wildman–Crippen MR) is 59.9 cm³/mol. The van der Waals surface area contributed by atoms with Crippen molar-refractivity contribution in [3.8, 4) is 5.75 Å². The molecule has 16 heavy (non-hydrogen) atoms. The second-order valence-electron chi connectivity index (χ2n) is 3.77. The van der Waals surface area contributed by atoms with Gasteiger partial charge < -0.3 is 14.9 Å². The molecule has 4 heteroatoms. The van der Waals surface area contributed by atoms with Crippen LogP contribution >= 0.6 is 0 Å². The number of ether oxygens (including phenoxy) is 1. The molecular formula is C12H16O4. The van der Waals surface area contributed by atoms with Crippen LogP contribution in [0.4, 0.5) is 0 Å². The van der Waals surface area contributed by atoms with Crippen molar-refractivity contribution >= 4 is 5.97 Å². The number of aryl methyl sites for hydroxylation is 1. The minimum Gasteiger partial charge on any atom is -0.493 e. The van der Waals surface area contributed by atoms with Gasteiger partial charge in [0.25, 0.3) is 0 Å². The molecule has 88 valence electrons. The first kappa shape index (κ1) is 12.5. The number of rotatable bonds is 5. The van der Waals surface area contributed by atoms with Gasteiger partial charge in [-0.1, -0.05) is 6.07 Å². The Morgan fingerprint density at radius 1 is 1.50 bits per heavy atom. The van der Waals surface area contributed by atoms with Crippen molar-refractivity contribution in [1.29, 1.82) is 0 Å². The van der Waals surface area contributed by atoms with E-state index >= 15 is 0 Å². The van der Waals surface area contributed by atoms with E-state index in [-0.39, 0.29) is 5.56 Å². The summed E-state index contributed by atoms with van der Waals surface area (Å²) in [4.78, 5) is 10.8. The zero-order chi connectivity index (χ0) is 12.1. The van der Waals surface area contributed by atoms with E-state index < -0.39 is 12.1 Å². The van der Waals surface area contributed by atoms with Gasteiger partial charge in [-0.05, 0) is 31.5 Å². The molecule has 1 unspecified atom stereocenters. The van der Waals surface area contributed by atoms with Crippen LogP contribution in [0.1, 0.15) is 29.3 Å². The molecule has 0 bridgehead atoms. The molecule has 0 spiro atoms. The SMILES string of the molecule is Cc1ccc(C(=O)O)cc1OCCC(C)O. The van der Waals surface area contributed by atoms with Crippen LogP contribution in [0.5, 0.6) is 5.75 Å². The number of aliphatic hydroxyl groups excluding tert-OH is 1. The normalized spacial score (nSPS) is 12.2. The third-order valence-electron chi connectivity index (χ3n) is 2.23. The van der Waals surface area contributed by atoms with Crippen LogP contribution in [-0.4, -0.2) is 28.9 Å². The van der Waals surface area contributed by atoms with Crippen LogP contribution in [-0.2, 0) is 0 Å². The first-order valence-electron chi connectivity index (χ1n) is 5.15. The molecule has 0 saturated heterocycles. The highest BCUT2D eigenvalue weighted by Gasteiger charge is 2.07. The number of hydrogen-bond acceptors (Lipinski definition) is 3. The molecular weight excluding hydrogens is 208 g/mol. The maximum absolute atomic E-state index is 10.8. The van der Waals surface area contributed by atoms with Gasteiger partial charge in [0.2, 0.25) is 0 Å². The Kier molecular flexibility index (Phi) is 4.31. The van der Waals surface area contributed by atoms with E-state index in [1.54, 1.807) is 19.1 Å². The van der Waals surface area contributed by atoms with Crippen molar-refractivity contribution in [2.24, 2.45) is 0 Å². The summed E-state index contributed by atoms with van der Waals surface area (Å²) in [5, 5.41) is 17.9. The molecule has 1 aromatic rings. The number of aliphatic hydroxyl groups is 1. The lowest BCUT2D eigenvalue weighted by Crippen LogP contribution is -2.08. The summed E-state index contributed by atoms with van der Waals surface area (Å²) >= 11 is 0. The van der Waals surface area contributed by atoms with Gasteiger partial charge >= 0.3 is 5.97 Å². The van der Waals surface area contributed by atoms with Gasteiger partial charge in [-0.3, -0.25) is 0 Å². The molecule has 0 aliphatic heterocycles. The molecule has 1 aromatic carbocycles. The third kappa shape index (κ3) is 3.55. The zero-order valence-electron chi connectivity index (χ0n) is 9.43. The van der Waals surface area contributed by atoms with Crippen molar-refractivity contribution < 1.29 is 19.7 Å². The van der Waals surface area contributed by atoms with Crippen molar-refractivity contribution in [3.63, 3.8) is 0 Å². The number of carbonyl (C=O) groups is 1. The topological polar surface area (TPSA) is 66.8 Å². The summed E-state index contributed by atoms with van der Waals surface area (Å²) in [5.41, 5.74) is 1.09. The van der Waals surface area contributed by atoms with Crippen molar-refractivity contribution in [2.75, 3.05) is 6.61 Å². The molecule has 2 N–H and O–H groups in total. The maximum Gasteiger partial charge on any atom is 0.335 e. The van der Waals surface area contributed by atoms with E-state index in [2.05, 4.69) is 0 Å².